The number of halogens is 1. The summed E-state index contributed by atoms with van der Waals surface area (Å²) in [6, 6.07) is 15.4. The van der Waals surface area contributed by atoms with Gasteiger partial charge in [0.1, 0.15) is 0 Å². The zero-order valence-electron chi connectivity index (χ0n) is 17.1. The van der Waals surface area contributed by atoms with E-state index in [1.54, 1.807) is 12.1 Å². The highest BCUT2D eigenvalue weighted by Gasteiger charge is 2.10. The molecule has 0 unspecified atom stereocenters. The third-order valence-electron chi connectivity index (χ3n) is 4.75. The van der Waals surface area contributed by atoms with Gasteiger partial charge < -0.3 is 5.32 Å². The van der Waals surface area contributed by atoms with Crippen molar-refractivity contribution in [3.05, 3.63) is 81.1 Å². The Labute approximate surface area is 190 Å². The standard InChI is InChI=1S/C22H24BrN5OS/c1-4-16-7-11-19(12-8-16)24-22(30)26-25-21(29)18-9-5-17(6-10-18)13-28-15(3)20(23)14(2)27-28/h5-12H,4,13H2,1-3H3,(H,25,29)(H2,24,26,30). The van der Waals surface area contributed by atoms with Gasteiger partial charge in [-0.05, 0) is 83.8 Å². The summed E-state index contributed by atoms with van der Waals surface area (Å²) in [5.41, 5.74) is 11.1. The highest BCUT2D eigenvalue weighted by molar-refractivity contribution is 9.10. The predicted octanol–water partition coefficient (Wildman–Crippen LogP) is 4.50. The van der Waals surface area contributed by atoms with Crippen molar-refractivity contribution in [1.82, 2.24) is 20.6 Å². The van der Waals surface area contributed by atoms with Crippen LogP contribution in [0.1, 0.15) is 39.8 Å². The number of carbonyl (C=O) groups is 1. The van der Waals surface area contributed by atoms with E-state index in [0.29, 0.717) is 17.2 Å². The first-order valence-electron chi connectivity index (χ1n) is 9.62. The largest absolute Gasteiger partial charge is 0.331 e. The number of hydrazine groups is 1. The molecule has 0 spiro atoms. The Bertz CT molecular complexity index is 1040. The first-order valence-corrected chi connectivity index (χ1v) is 10.8. The van der Waals surface area contributed by atoms with Crippen LogP contribution < -0.4 is 16.2 Å². The van der Waals surface area contributed by atoms with Crippen LogP contribution in [0.3, 0.4) is 0 Å². The molecular weight excluding hydrogens is 462 g/mol. The fourth-order valence-electron chi connectivity index (χ4n) is 2.94. The second kappa shape index (κ2) is 9.86. The number of benzene rings is 2. The van der Waals surface area contributed by atoms with Crippen molar-refractivity contribution < 1.29 is 4.79 Å². The second-order valence-electron chi connectivity index (χ2n) is 6.92. The van der Waals surface area contributed by atoms with E-state index in [1.165, 1.54) is 5.56 Å². The lowest BCUT2D eigenvalue weighted by Crippen LogP contribution is -2.43. The smallest absolute Gasteiger partial charge is 0.269 e. The van der Waals surface area contributed by atoms with Gasteiger partial charge in [-0.15, -0.1) is 0 Å². The van der Waals surface area contributed by atoms with Gasteiger partial charge in [-0.25, -0.2) is 0 Å². The monoisotopic (exact) mass is 485 g/mol. The first-order chi connectivity index (χ1) is 14.4. The number of anilines is 1. The lowest BCUT2D eigenvalue weighted by Gasteiger charge is -2.12. The molecule has 0 saturated carbocycles. The van der Waals surface area contributed by atoms with Gasteiger partial charge in [-0.1, -0.05) is 31.2 Å². The SMILES string of the molecule is CCc1ccc(NC(=S)NNC(=O)c2ccc(Cn3nc(C)c(Br)c3C)cc2)cc1. The molecule has 3 aromatic rings. The number of nitrogens with one attached hydrogen (secondary N) is 3. The van der Waals surface area contributed by atoms with Gasteiger partial charge >= 0.3 is 0 Å². The number of hydrogen-bond donors (Lipinski definition) is 3. The van der Waals surface area contributed by atoms with E-state index < -0.39 is 0 Å². The van der Waals surface area contributed by atoms with Gasteiger partial charge in [-0.3, -0.25) is 20.3 Å². The van der Waals surface area contributed by atoms with E-state index in [0.717, 1.165) is 33.5 Å². The van der Waals surface area contributed by atoms with E-state index in [4.69, 9.17) is 12.2 Å². The summed E-state index contributed by atoms with van der Waals surface area (Å²) in [5.74, 6) is -0.263. The average Bonchev–Trinajstić information content (AvgIpc) is 2.99. The van der Waals surface area contributed by atoms with E-state index in [2.05, 4.69) is 44.1 Å². The van der Waals surface area contributed by atoms with Crippen LogP contribution in [0.2, 0.25) is 0 Å². The van der Waals surface area contributed by atoms with Gasteiger partial charge in [0.05, 0.1) is 22.4 Å². The summed E-state index contributed by atoms with van der Waals surface area (Å²) in [7, 11) is 0. The van der Waals surface area contributed by atoms with Crippen molar-refractivity contribution in [2.24, 2.45) is 0 Å². The molecule has 156 valence electrons. The minimum Gasteiger partial charge on any atom is -0.331 e. The molecule has 2 aromatic carbocycles. The molecule has 3 rings (SSSR count). The molecule has 1 aromatic heterocycles. The number of aromatic nitrogens is 2. The molecule has 0 aliphatic carbocycles. The van der Waals surface area contributed by atoms with E-state index in [-0.39, 0.29) is 5.91 Å². The fourth-order valence-corrected chi connectivity index (χ4v) is 3.39. The number of aryl methyl sites for hydroxylation is 2. The Kier molecular flexibility index (Phi) is 7.23. The minimum absolute atomic E-state index is 0.263. The van der Waals surface area contributed by atoms with Gasteiger partial charge in [-0.2, -0.15) is 5.10 Å². The molecule has 6 nitrogen and oxygen atoms in total. The van der Waals surface area contributed by atoms with E-state index >= 15 is 0 Å². The molecule has 0 aliphatic heterocycles. The van der Waals surface area contributed by atoms with Gasteiger partial charge in [0.15, 0.2) is 5.11 Å². The maximum atomic E-state index is 12.4. The number of amides is 1. The van der Waals surface area contributed by atoms with Crippen LogP contribution in [0.5, 0.6) is 0 Å². The van der Waals surface area contributed by atoms with Crippen molar-refractivity contribution in [3.8, 4) is 0 Å². The van der Waals surface area contributed by atoms with Crippen LogP contribution in [0.15, 0.2) is 53.0 Å². The van der Waals surface area contributed by atoms with Crippen LogP contribution in [-0.2, 0) is 13.0 Å². The Balaban J connectivity index is 1.52. The van der Waals surface area contributed by atoms with E-state index in [9.17, 15) is 4.79 Å². The van der Waals surface area contributed by atoms with Crippen molar-refractivity contribution in [3.63, 3.8) is 0 Å². The Morgan fingerprint density at radius 3 is 2.23 bits per heavy atom. The number of carbonyl (C=O) groups excluding carboxylic acids is 1. The maximum Gasteiger partial charge on any atom is 0.269 e. The molecule has 1 amide bonds. The summed E-state index contributed by atoms with van der Waals surface area (Å²) in [6.07, 6.45) is 0.983. The Hall–Kier alpha value is -2.71. The Morgan fingerprint density at radius 1 is 1.03 bits per heavy atom. The molecule has 0 aliphatic rings. The molecular formula is C22H24BrN5OS. The molecule has 30 heavy (non-hydrogen) atoms. The maximum absolute atomic E-state index is 12.4. The molecule has 0 radical (unpaired) electrons. The van der Waals surface area contributed by atoms with Crippen LogP contribution >= 0.6 is 28.1 Å². The lowest BCUT2D eigenvalue weighted by molar-refractivity contribution is 0.0944. The number of hydrogen-bond acceptors (Lipinski definition) is 3. The molecule has 0 saturated heterocycles. The van der Waals surface area contributed by atoms with Crippen LogP contribution in [-0.4, -0.2) is 20.8 Å². The average molecular weight is 486 g/mol. The minimum atomic E-state index is -0.263. The molecule has 3 N–H and O–H groups in total. The zero-order chi connectivity index (χ0) is 21.7. The summed E-state index contributed by atoms with van der Waals surface area (Å²) >= 11 is 8.77. The van der Waals surface area contributed by atoms with Gasteiger partial charge in [0, 0.05) is 11.3 Å². The van der Waals surface area contributed by atoms with Crippen LogP contribution in [0, 0.1) is 13.8 Å². The quantitative estimate of drug-likeness (QED) is 0.366. The topological polar surface area (TPSA) is 71.0 Å². The Morgan fingerprint density at radius 2 is 1.67 bits per heavy atom. The summed E-state index contributed by atoms with van der Waals surface area (Å²) in [5, 5.41) is 7.87. The predicted molar refractivity (Wildman–Crippen MR) is 128 cm³/mol. The highest BCUT2D eigenvalue weighted by atomic mass is 79.9. The summed E-state index contributed by atoms with van der Waals surface area (Å²) < 4.78 is 2.96. The second-order valence-corrected chi connectivity index (χ2v) is 8.12. The van der Waals surface area contributed by atoms with Crippen molar-refractivity contribution in [2.75, 3.05) is 5.32 Å². The fraction of sp³-hybridized carbons (Fsp3) is 0.227. The normalized spacial score (nSPS) is 10.5. The summed E-state index contributed by atoms with van der Waals surface area (Å²) in [4.78, 5) is 12.4. The molecule has 8 heteroatoms. The number of thiocarbonyl (C=S) groups is 1. The molecule has 1 heterocycles. The van der Waals surface area contributed by atoms with Crippen molar-refractivity contribution >= 4 is 44.9 Å². The van der Waals surface area contributed by atoms with E-state index in [1.807, 2.05) is 54.9 Å². The third kappa shape index (κ3) is 5.46. The number of nitrogens with zero attached hydrogens (tertiary/aromatic N) is 2. The van der Waals surface area contributed by atoms with Crippen LogP contribution in [0.25, 0.3) is 0 Å². The third-order valence-corrected chi connectivity index (χ3v) is 6.10. The van der Waals surface area contributed by atoms with Crippen molar-refractivity contribution in [1.29, 1.82) is 0 Å². The lowest BCUT2D eigenvalue weighted by atomic mass is 10.1. The van der Waals surface area contributed by atoms with Gasteiger partial charge in [0.2, 0.25) is 0 Å². The van der Waals surface area contributed by atoms with Crippen LogP contribution in [0.4, 0.5) is 5.69 Å². The highest BCUT2D eigenvalue weighted by Crippen LogP contribution is 2.20. The number of rotatable bonds is 5. The van der Waals surface area contributed by atoms with Crippen molar-refractivity contribution in [2.45, 2.75) is 33.7 Å². The van der Waals surface area contributed by atoms with Gasteiger partial charge in [0.25, 0.3) is 5.91 Å². The zero-order valence-corrected chi connectivity index (χ0v) is 19.5. The summed E-state index contributed by atoms with van der Waals surface area (Å²) in [6.45, 7) is 6.73. The molecule has 0 fully saturated rings. The molecule has 0 atom stereocenters. The first kappa shape index (κ1) is 22.0. The molecule has 0 bridgehead atoms.